The van der Waals surface area contributed by atoms with Gasteiger partial charge in [-0.3, -0.25) is 0 Å². The standard InChI is InChI=1S/C4H7NO.I6/c1-5-3-4-6-2;1-5(2)6(3)4/h3-4H2,2H3;. The quantitative estimate of drug-likeness (QED) is 0.197. The van der Waals surface area contributed by atoms with Crippen molar-refractivity contribution in [2.24, 2.45) is 0 Å². The van der Waals surface area contributed by atoms with Gasteiger partial charge in [0, 0.05) is 7.11 Å². The van der Waals surface area contributed by atoms with Crippen molar-refractivity contribution >= 4 is 90.3 Å². The van der Waals surface area contributed by atoms with Crippen LogP contribution in [-0.2, 0) is 4.74 Å². The van der Waals surface area contributed by atoms with Crippen molar-refractivity contribution in [3.63, 3.8) is 0 Å². The molecule has 12 heavy (non-hydrogen) atoms. The molecule has 8 heteroatoms. The summed E-state index contributed by atoms with van der Waals surface area (Å²) in [5.74, 6) is 0. The largest absolute Gasteiger partial charge is 0.377 e. The Bertz CT molecular complexity index is 117. The number of ether oxygens (including phenoxy) is 1. The number of halogens is 6. The van der Waals surface area contributed by atoms with E-state index >= 15 is 0 Å². The maximum Gasteiger partial charge on any atom is 0.237 e. The third-order valence-electron chi connectivity index (χ3n) is 0.489. The molecule has 0 N–H and O–H groups in total. The second-order valence-corrected chi connectivity index (χ2v) is 98.7. The van der Waals surface area contributed by atoms with Gasteiger partial charge in [-0.15, -0.1) is 0 Å². The average molecular weight is 847 g/mol. The van der Waals surface area contributed by atoms with E-state index in [4.69, 9.17) is 6.57 Å². The topological polar surface area (TPSA) is 13.6 Å². The van der Waals surface area contributed by atoms with Gasteiger partial charge in [0.05, 0.1) is 0 Å². The van der Waals surface area contributed by atoms with Crippen LogP contribution in [0.3, 0.4) is 0 Å². The monoisotopic (exact) mass is 846 g/mol. The van der Waals surface area contributed by atoms with Crippen LogP contribution < -0.4 is 0 Å². The molecular weight excluding hydrogens is 839 g/mol. The molecule has 0 saturated carbocycles. The Labute approximate surface area is 123 Å². The number of methoxy groups -OCH3 is 1. The summed E-state index contributed by atoms with van der Waals surface area (Å²) in [6.07, 6.45) is 0. The van der Waals surface area contributed by atoms with E-state index in [2.05, 4.69) is 84.0 Å². The molecule has 0 aliphatic rings. The van der Waals surface area contributed by atoms with Crippen molar-refractivity contribution in [3.05, 3.63) is 11.4 Å². The fourth-order valence-electron chi connectivity index (χ4n) is 0.137. The molecule has 0 atom stereocenters. The van der Waals surface area contributed by atoms with Gasteiger partial charge in [0.2, 0.25) is 6.54 Å². The van der Waals surface area contributed by atoms with E-state index < -0.39 is 0 Å². The predicted octanol–water partition coefficient (Wildman–Crippen LogP) is 5.87. The minimum Gasteiger partial charge on any atom is -0.377 e. The van der Waals surface area contributed by atoms with Crippen molar-refractivity contribution in [2.45, 2.75) is 0 Å². The van der Waals surface area contributed by atoms with Gasteiger partial charge in [0.15, 0.2) is 0 Å². The minimum absolute atomic E-state index is 0.314. The molecule has 0 aliphatic carbocycles. The van der Waals surface area contributed by atoms with Gasteiger partial charge < -0.3 is 9.58 Å². The molecular formula is C4H7I6NO. The zero-order valence-electron chi connectivity index (χ0n) is 6.04. The maximum absolute atomic E-state index is 6.25. The van der Waals surface area contributed by atoms with Gasteiger partial charge in [0.1, 0.15) is 6.61 Å². The van der Waals surface area contributed by atoms with Gasteiger partial charge in [-0.05, 0) is 0 Å². The smallest absolute Gasteiger partial charge is 0.237 e. The predicted molar refractivity (Wildman–Crippen MR) is 107 cm³/mol. The summed E-state index contributed by atoms with van der Waals surface area (Å²) in [6, 6.07) is 0. The van der Waals surface area contributed by atoms with Crippen LogP contribution in [0.4, 0.5) is 0 Å². The van der Waals surface area contributed by atoms with Crippen molar-refractivity contribution in [1.29, 1.82) is 0 Å². The van der Waals surface area contributed by atoms with E-state index in [9.17, 15) is 0 Å². The van der Waals surface area contributed by atoms with Gasteiger partial charge in [-0.1, -0.05) is 0 Å². The third kappa shape index (κ3) is 19.4. The Morgan fingerprint density at radius 1 is 1.25 bits per heavy atom. The summed E-state index contributed by atoms with van der Waals surface area (Å²) >= 11 is 10.5. The molecule has 2 nitrogen and oxygen atoms in total. The van der Waals surface area contributed by atoms with Gasteiger partial charge in [0.25, 0.3) is 0 Å². The molecule has 0 aromatic heterocycles. The molecule has 0 amide bonds. The van der Waals surface area contributed by atoms with Crippen LogP contribution >= 0.6 is 90.3 Å². The Morgan fingerprint density at radius 2 is 1.67 bits per heavy atom. The second-order valence-electron chi connectivity index (χ2n) is 1.20. The summed E-state index contributed by atoms with van der Waals surface area (Å²) in [5, 5.41) is 0. The first-order chi connectivity index (χ1) is 5.56. The normalized spacial score (nSPS) is 10.7. The first kappa shape index (κ1) is 18.2. The van der Waals surface area contributed by atoms with Crippen molar-refractivity contribution in [3.8, 4) is 0 Å². The number of rotatable bonds is 3. The molecule has 0 saturated heterocycles. The van der Waals surface area contributed by atoms with Gasteiger partial charge in [-0.2, -0.15) is 0 Å². The summed E-state index contributed by atoms with van der Waals surface area (Å²) in [6.45, 7) is 7.29. The summed E-state index contributed by atoms with van der Waals surface area (Å²) in [5.41, 5.74) is 0. The van der Waals surface area contributed by atoms with E-state index in [1.807, 2.05) is 0 Å². The second kappa shape index (κ2) is 14.8. The van der Waals surface area contributed by atoms with E-state index in [0.29, 0.717) is 13.2 Å². The van der Waals surface area contributed by atoms with Crippen molar-refractivity contribution in [2.75, 3.05) is 20.3 Å². The number of hydrogen-bond acceptors (Lipinski definition) is 1. The van der Waals surface area contributed by atoms with E-state index in [1.165, 1.54) is 0 Å². The molecule has 0 unspecified atom stereocenters. The van der Waals surface area contributed by atoms with Crippen LogP contribution in [0.15, 0.2) is 0 Å². The molecule has 0 radical (unpaired) electrons. The number of nitrogens with zero attached hydrogens (tertiary/aromatic N) is 1. The molecule has 0 bridgehead atoms. The van der Waals surface area contributed by atoms with Crippen LogP contribution in [0.5, 0.6) is 0 Å². The summed E-state index contributed by atoms with van der Waals surface area (Å²) in [7, 11) is 0.960. The first-order valence-electron chi connectivity index (χ1n) is 2.45. The van der Waals surface area contributed by atoms with Gasteiger partial charge >= 0.3 is 90.3 Å². The Hall–Kier alpha value is 3.83. The first-order valence-corrected chi connectivity index (χ1v) is 33.9. The Kier molecular flexibility index (Phi) is 22.5. The Balaban J connectivity index is 0. The summed E-state index contributed by atoms with van der Waals surface area (Å²) < 4.78 is 4.57. The molecule has 0 aliphatic heterocycles. The molecule has 0 rings (SSSR count). The van der Waals surface area contributed by atoms with Crippen LogP contribution in [-0.4, -0.2) is 20.3 Å². The zero-order chi connectivity index (χ0) is 9.98. The van der Waals surface area contributed by atoms with Gasteiger partial charge in [-0.25, -0.2) is 6.57 Å². The molecule has 0 heterocycles. The van der Waals surface area contributed by atoms with Crippen LogP contribution in [0, 0.1) is 6.57 Å². The molecule has 0 aromatic carbocycles. The van der Waals surface area contributed by atoms with Crippen LogP contribution in [0.25, 0.3) is 4.85 Å². The zero-order valence-corrected chi connectivity index (χ0v) is 19.0. The average Bonchev–Trinajstić information content (AvgIpc) is 2.02. The van der Waals surface area contributed by atoms with Crippen LogP contribution in [0.1, 0.15) is 0 Å². The SMILES string of the molecule is II(I)I(I)I.[C-]#[N+]CCOC. The fraction of sp³-hybridized carbons (Fsp3) is 0.750. The van der Waals surface area contributed by atoms with E-state index in [-0.39, 0.29) is 15.8 Å². The third-order valence-corrected chi connectivity index (χ3v) is 166. The van der Waals surface area contributed by atoms with E-state index in [0.717, 1.165) is 0 Å². The molecule has 76 valence electrons. The fourth-order valence-corrected chi connectivity index (χ4v) is 0.137. The summed E-state index contributed by atoms with van der Waals surface area (Å²) in [4.78, 5) is 3.05. The van der Waals surface area contributed by atoms with Crippen molar-refractivity contribution < 1.29 is 4.74 Å². The molecule has 0 aromatic rings. The van der Waals surface area contributed by atoms with Crippen LogP contribution in [0.2, 0.25) is 0 Å². The Morgan fingerprint density at radius 3 is 1.75 bits per heavy atom. The molecule has 0 spiro atoms. The minimum atomic E-state index is -0.314. The van der Waals surface area contributed by atoms with Crippen molar-refractivity contribution in [1.82, 2.24) is 0 Å². The molecule has 0 fully saturated rings. The van der Waals surface area contributed by atoms with E-state index in [1.54, 1.807) is 7.11 Å². The number of hydrogen-bond donors (Lipinski definition) is 0. The maximum atomic E-state index is 6.25.